The largest absolute Gasteiger partial charge is 0.456 e. The van der Waals surface area contributed by atoms with Gasteiger partial charge in [0.1, 0.15) is 11.2 Å². The third-order valence-corrected chi connectivity index (χ3v) is 12.2. The molecule has 2 nitrogen and oxygen atoms in total. The van der Waals surface area contributed by atoms with Gasteiger partial charge in [-0.05, 0) is 93.0 Å². The van der Waals surface area contributed by atoms with Crippen LogP contribution in [0, 0.1) is 0 Å². The van der Waals surface area contributed by atoms with Gasteiger partial charge in [0.05, 0.1) is 0 Å². The number of benzene rings is 8. The van der Waals surface area contributed by atoms with Gasteiger partial charge in [0.15, 0.2) is 0 Å². The third-order valence-electron chi connectivity index (χ3n) is 11.0. The van der Waals surface area contributed by atoms with E-state index in [1.165, 1.54) is 64.0 Å². The molecule has 1 aliphatic carbocycles. The zero-order valence-corrected chi connectivity index (χ0v) is 28.5. The Bertz CT molecular complexity index is 3030. The molecule has 2 aromatic heterocycles. The summed E-state index contributed by atoms with van der Waals surface area (Å²) in [5.41, 5.74) is 10.5. The zero-order chi connectivity index (χ0) is 33.1. The molecule has 0 amide bonds. The molecule has 236 valence electrons. The molecule has 10 aromatic rings. The molecule has 2 heterocycles. The van der Waals surface area contributed by atoms with Gasteiger partial charge in [0.2, 0.25) is 0 Å². The minimum atomic E-state index is -0.106. The quantitative estimate of drug-likeness (QED) is 0.176. The molecule has 3 heteroatoms. The van der Waals surface area contributed by atoms with Crippen molar-refractivity contribution in [3.8, 4) is 11.1 Å². The van der Waals surface area contributed by atoms with Gasteiger partial charge >= 0.3 is 0 Å². The van der Waals surface area contributed by atoms with E-state index in [-0.39, 0.29) is 5.41 Å². The van der Waals surface area contributed by atoms with E-state index < -0.39 is 0 Å². The average molecular weight is 658 g/mol. The molecule has 0 aliphatic heterocycles. The molecule has 11 rings (SSSR count). The maximum Gasteiger partial charge on any atom is 0.135 e. The van der Waals surface area contributed by atoms with Crippen LogP contribution in [0.1, 0.15) is 25.0 Å². The molecule has 50 heavy (non-hydrogen) atoms. The first-order valence-electron chi connectivity index (χ1n) is 17.3. The summed E-state index contributed by atoms with van der Waals surface area (Å²) >= 11 is 1.90. The summed E-state index contributed by atoms with van der Waals surface area (Å²) in [6.07, 6.45) is 0. The molecule has 0 saturated carbocycles. The van der Waals surface area contributed by atoms with E-state index in [1.54, 1.807) is 0 Å². The highest BCUT2D eigenvalue weighted by atomic mass is 32.1. The van der Waals surface area contributed by atoms with Gasteiger partial charge in [-0.15, -0.1) is 11.3 Å². The topological polar surface area (TPSA) is 16.4 Å². The highest BCUT2D eigenvalue weighted by Gasteiger charge is 2.35. The number of hydrogen-bond donors (Lipinski definition) is 0. The molecule has 1 aliphatic rings. The predicted molar refractivity (Wildman–Crippen MR) is 214 cm³/mol. The first-order chi connectivity index (χ1) is 24.5. The van der Waals surface area contributed by atoms with Crippen molar-refractivity contribution in [1.82, 2.24) is 0 Å². The van der Waals surface area contributed by atoms with E-state index in [2.05, 4.69) is 164 Å². The van der Waals surface area contributed by atoms with Crippen LogP contribution >= 0.6 is 11.3 Å². The summed E-state index contributed by atoms with van der Waals surface area (Å²) in [5, 5.41) is 10.0. The van der Waals surface area contributed by atoms with Crippen LogP contribution in [-0.4, -0.2) is 0 Å². The van der Waals surface area contributed by atoms with E-state index in [9.17, 15) is 0 Å². The minimum absolute atomic E-state index is 0.106. The number of para-hydroxylation sites is 1. The predicted octanol–water partition coefficient (Wildman–Crippen LogP) is 14.0. The normalized spacial score (nSPS) is 13.6. The van der Waals surface area contributed by atoms with Gasteiger partial charge in [-0.3, -0.25) is 0 Å². The van der Waals surface area contributed by atoms with Crippen LogP contribution in [0.4, 0.5) is 17.1 Å². The van der Waals surface area contributed by atoms with Gasteiger partial charge in [-0.2, -0.15) is 0 Å². The summed E-state index contributed by atoms with van der Waals surface area (Å²) < 4.78 is 8.95. The summed E-state index contributed by atoms with van der Waals surface area (Å²) in [5.74, 6) is 0. The Hall–Kier alpha value is -5.90. The summed E-state index contributed by atoms with van der Waals surface area (Å²) in [7, 11) is 0. The average Bonchev–Trinajstić information content (AvgIpc) is 3.79. The molecular formula is C47H31NOS. The van der Waals surface area contributed by atoms with E-state index in [4.69, 9.17) is 4.42 Å². The molecule has 0 atom stereocenters. The lowest BCUT2D eigenvalue weighted by atomic mass is 9.82. The van der Waals surface area contributed by atoms with Crippen molar-refractivity contribution in [2.45, 2.75) is 19.3 Å². The Morgan fingerprint density at radius 3 is 2.04 bits per heavy atom. The van der Waals surface area contributed by atoms with Crippen LogP contribution in [0.2, 0.25) is 0 Å². The summed E-state index contributed by atoms with van der Waals surface area (Å²) in [6.45, 7) is 4.71. The Labute approximate surface area is 293 Å². The lowest BCUT2D eigenvalue weighted by molar-refractivity contribution is 0.660. The first-order valence-corrected chi connectivity index (χ1v) is 18.1. The van der Waals surface area contributed by atoms with Gasteiger partial charge in [-0.25, -0.2) is 0 Å². The summed E-state index contributed by atoms with van der Waals surface area (Å²) in [6, 6.07) is 55.8. The number of thiophene rings is 1. The van der Waals surface area contributed by atoms with Crippen LogP contribution in [-0.2, 0) is 5.41 Å². The van der Waals surface area contributed by atoms with Gasteiger partial charge < -0.3 is 9.32 Å². The standard InChI is InChI=1S/C47H31NOS/c1-47(2)40-12-6-3-9-33(40)34-23-20-32(27-41(34)47)48(31-21-24-43-39(26-31)35-10-4-7-13-42(35)49-43)30-19-17-28-15-16-29-18-22-37-36-11-5-8-14-44(36)50-46(37)45(29)38(28)25-30/h3-27H,1-2H3. The minimum Gasteiger partial charge on any atom is -0.456 e. The molecule has 0 N–H and O–H groups in total. The summed E-state index contributed by atoms with van der Waals surface area (Å²) in [4.78, 5) is 2.43. The van der Waals surface area contributed by atoms with Crippen LogP contribution in [0.3, 0.4) is 0 Å². The molecule has 8 aromatic carbocycles. The monoisotopic (exact) mass is 657 g/mol. The lowest BCUT2D eigenvalue weighted by Crippen LogP contribution is -2.16. The van der Waals surface area contributed by atoms with E-state index >= 15 is 0 Å². The van der Waals surface area contributed by atoms with E-state index in [1.807, 2.05) is 17.4 Å². The maximum absolute atomic E-state index is 6.28. The van der Waals surface area contributed by atoms with Crippen molar-refractivity contribution in [3.63, 3.8) is 0 Å². The lowest BCUT2D eigenvalue weighted by Gasteiger charge is -2.28. The third kappa shape index (κ3) is 3.84. The Morgan fingerprint density at radius 2 is 1.12 bits per heavy atom. The van der Waals surface area contributed by atoms with Crippen molar-refractivity contribution >= 4 is 92.1 Å². The smallest absolute Gasteiger partial charge is 0.135 e. The molecule has 0 unspecified atom stereocenters. The fraction of sp³-hybridized carbons (Fsp3) is 0.0638. The highest BCUT2D eigenvalue weighted by molar-refractivity contribution is 7.26. The van der Waals surface area contributed by atoms with E-state index in [0.29, 0.717) is 0 Å². The number of anilines is 3. The van der Waals surface area contributed by atoms with Crippen molar-refractivity contribution in [2.75, 3.05) is 4.90 Å². The highest BCUT2D eigenvalue weighted by Crippen LogP contribution is 2.51. The zero-order valence-electron chi connectivity index (χ0n) is 27.7. The Morgan fingerprint density at radius 1 is 0.480 bits per heavy atom. The fourth-order valence-electron chi connectivity index (χ4n) is 8.58. The number of hydrogen-bond acceptors (Lipinski definition) is 3. The van der Waals surface area contributed by atoms with Crippen molar-refractivity contribution in [1.29, 1.82) is 0 Å². The van der Waals surface area contributed by atoms with Gasteiger partial charge in [-0.1, -0.05) is 111 Å². The maximum atomic E-state index is 6.28. The van der Waals surface area contributed by atoms with Gasteiger partial charge in [0, 0.05) is 58.8 Å². The molecule has 0 fully saturated rings. The second-order valence-corrected chi connectivity index (χ2v) is 15.2. The second kappa shape index (κ2) is 10.1. The van der Waals surface area contributed by atoms with Crippen molar-refractivity contribution in [3.05, 3.63) is 163 Å². The molecular weight excluding hydrogens is 627 g/mol. The Balaban J connectivity index is 1.19. The SMILES string of the molecule is CC1(C)c2ccccc2-c2ccc(N(c3ccc4oc5ccccc5c4c3)c3ccc4ccc5ccc6c7ccccc7sc6c5c4c3)cc21. The van der Waals surface area contributed by atoms with Crippen LogP contribution < -0.4 is 4.90 Å². The number of furan rings is 1. The number of fused-ring (bicyclic) bond motifs is 13. The molecule has 0 saturated heterocycles. The number of rotatable bonds is 3. The molecule has 0 spiro atoms. The van der Waals surface area contributed by atoms with Crippen LogP contribution in [0.25, 0.3) is 74.8 Å². The second-order valence-electron chi connectivity index (χ2n) is 14.1. The van der Waals surface area contributed by atoms with Crippen molar-refractivity contribution in [2.24, 2.45) is 0 Å². The molecule has 0 radical (unpaired) electrons. The number of nitrogens with zero attached hydrogens (tertiary/aromatic N) is 1. The van der Waals surface area contributed by atoms with Crippen LogP contribution in [0.5, 0.6) is 0 Å². The van der Waals surface area contributed by atoms with Gasteiger partial charge in [0.25, 0.3) is 0 Å². The van der Waals surface area contributed by atoms with E-state index in [0.717, 1.165) is 39.0 Å². The fourth-order valence-corrected chi connectivity index (χ4v) is 9.85. The molecule has 0 bridgehead atoms. The first kappa shape index (κ1) is 28.0. The Kier molecular flexibility index (Phi) is 5.64. The van der Waals surface area contributed by atoms with Crippen molar-refractivity contribution < 1.29 is 4.42 Å². The van der Waals surface area contributed by atoms with Crippen LogP contribution in [0.15, 0.2) is 156 Å².